The van der Waals surface area contributed by atoms with E-state index in [1.54, 1.807) is 21.0 Å². The lowest BCUT2D eigenvalue weighted by Crippen LogP contribution is -2.68. The van der Waals surface area contributed by atoms with Crippen LogP contribution in [0.5, 0.6) is 0 Å². The zero-order chi connectivity index (χ0) is 40.5. The first-order valence-electron chi connectivity index (χ1n) is 22.5. The summed E-state index contributed by atoms with van der Waals surface area (Å²) in [6.45, 7) is 23.4. The monoisotopic (exact) mass is 785 g/mol. The van der Waals surface area contributed by atoms with Gasteiger partial charge in [0.2, 0.25) is 5.91 Å². The maximum Gasteiger partial charge on any atom is 0.309 e. The van der Waals surface area contributed by atoms with E-state index < -0.39 is 17.4 Å². The first kappa shape index (κ1) is 42.4. The van der Waals surface area contributed by atoms with Crippen LogP contribution in [0.2, 0.25) is 0 Å². The molecule has 56 heavy (non-hydrogen) atoms. The van der Waals surface area contributed by atoms with Crippen molar-refractivity contribution >= 4 is 17.8 Å². The number of hydroxylamine groups is 2. The molecule has 7 fully saturated rings. The summed E-state index contributed by atoms with van der Waals surface area (Å²) in [6.07, 6.45) is 13.3. The number of rotatable bonds is 13. The number of amides is 1. The Kier molecular flexibility index (Phi) is 11.4. The third-order valence-corrected chi connectivity index (χ3v) is 18.6. The number of fused-ring (bicyclic) bond motifs is 7. The molecular formula is C46H76N2O8. The lowest BCUT2D eigenvalue weighted by molar-refractivity contribution is -0.252. The van der Waals surface area contributed by atoms with E-state index in [1.165, 1.54) is 38.5 Å². The first-order chi connectivity index (χ1) is 26.3. The molecule has 0 aromatic rings. The quantitative estimate of drug-likeness (QED) is 0.147. The first-order valence-corrected chi connectivity index (χ1v) is 22.5. The van der Waals surface area contributed by atoms with E-state index in [-0.39, 0.29) is 39.6 Å². The van der Waals surface area contributed by atoms with E-state index in [4.69, 9.17) is 19.0 Å². The number of piperazine rings is 1. The molecular weight excluding hydrogens is 709 g/mol. The summed E-state index contributed by atoms with van der Waals surface area (Å²) >= 11 is 0. The lowest BCUT2D eigenvalue weighted by Gasteiger charge is -2.73. The molecule has 7 aliphatic rings. The molecule has 1 heterocycles. The summed E-state index contributed by atoms with van der Waals surface area (Å²) in [6, 6.07) is 0. The van der Waals surface area contributed by atoms with Crippen LogP contribution in [0.25, 0.3) is 0 Å². The second-order valence-electron chi connectivity index (χ2n) is 22.0. The van der Waals surface area contributed by atoms with E-state index in [0.29, 0.717) is 67.3 Å². The number of hydrogen-bond donors (Lipinski definition) is 1. The van der Waals surface area contributed by atoms with Crippen molar-refractivity contribution in [3.8, 4) is 0 Å². The van der Waals surface area contributed by atoms with Crippen LogP contribution in [0.3, 0.4) is 0 Å². The third kappa shape index (κ3) is 6.88. The molecule has 10 atom stereocenters. The Balaban J connectivity index is 1.08. The van der Waals surface area contributed by atoms with Crippen LogP contribution in [0.15, 0.2) is 0 Å². The number of ether oxygens (including phenoxy) is 3. The number of hydrogen-bond acceptors (Lipinski definition) is 8. The van der Waals surface area contributed by atoms with Crippen molar-refractivity contribution in [2.24, 2.45) is 67.5 Å². The molecule has 1 saturated heterocycles. The Morgan fingerprint density at radius 1 is 0.714 bits per heavy atom. The summed E-state index contributed by atoms with van der Waals surface area (Å²) in [4.78, 5) is 48.4. The van der Waals surface area contributed by atoms with Gasteiger partial charge in [0.05, 0.1) is 43.7 Å². The van der Waals surface area contributed by atoms with Gasteiger partial charge in [0.25, 0.3) is 0 Å². The third-order valence-electron chi connectivity index (χ3n) is 18.6. The molecule has 6 aliphatic carbocycles. The topological polar surface area (TPSA) is 115 Å². The predicted molar refractivity (Wildman–Crippen MR) is 214 cm³/mol. The lowest BCUT2D eigenvalue weighted by atomic mass is 9.32. The number of nitrogens with zero attached hydrogens (tertiary/aromatic N) is 2. The molecule has 0 aromatic carbocycles. The van der Waals surface area contributed by atoms with Gasteiger partial charge in [-0.05, 0) is 142 Å². The van der Waals surface area contributed by atoms with Gasteiger partial charge in [-0.1, -0.05) is 41.5 Å². The second-order valence-corrected chi connectivity index (χ2v) is 22.0. The molecule has 0 unspecified atom stereocenters. The van der Waals surface area contributed by atoms with Gasteiger partial charge in [0.1, 0.15) is 6.10 Å². The van der Waals surface area contributed by atoms with E-state index in [2.05, 4.69) is 46.4 Å². The molecule has 10 nitrogen and oxygen atoms in total. The van der Waals surface area contributed by atoms with Gasteiger partial charge in [-0.25, -0.2) is 0 Å². The molecule has 0 aromatic heterocycles. The van der Waals surface area contributed by atoms with Crippen LogP contribution < -0.4 is 0 Å². The summed E-state index contributed by atoms with van der Waals surface area (Å²) in [5.41, 5.74) is -0.742. The predicted octanol–water partition coefficient (Wildman–Crippen LogP) is 8.02. The van der Waals surface area contributed by atoms with Crippen LogP contribution in [0, 0.1) is 67.5 Å². The number of carboxylic acid groups (broad SMARTS) is 1. The van der Waals surface area contributed by atoms with Gasteiger partial charge >= 0.3 is 11.9 Å². The van der Waals surface area contributed by atoms with Crippen LogP contribution in [0.4, 0.5) is 0 Å². The average Bonchev–Trinajstić information content (AvgIpc) is 3.75. The van der Waals surface area contributed by atoms with Gasteiger partial charge < -0.3 is 24.2 Å². The number of carboxylic acids is 1. The van der Waals surface area contributed by atoms with Crippen LogP contribution in [-0.4, -0.2) is 98.7 Å². The normalized spacial score (nSPS) is 41.5. The largest absolute Gasteiger partial charge is 0.481 e. The highest BCUT2D eigenvalue weighted by Gasteiger charge is 2.73. The van der Waals surface area contributed by atoms with Crippen molar-refractivity contribution in [2.45, 2.75) is 145 Å². The van der Waals surface area contributed by atoms with Gasteiger partial charge in [-0.15, -0.1) is 0 Å². The summed E-state index contributed by atoms with van der Waals surface area (Å²) in [5, 5.41) is 11.7. The zero-order valence-corrected chi connectivity index (χ0v) is 36.5. The molecule has 0 spiro atoms. The fraction of sp³-hybridized carbons (Fsp3) is 0.935. The van der Waals surface area contributed by atoms with Gasteiger partial charge in [-0.3, -0.25) is 19.2 Å². The molecule has 1 N–H and O–H groups in total. The summed E-state index contributed by atoms with van der Waals surface area (Å²) in [7, 11) is 1.68. The number of methoxy groups -OCH3 is 1. The van der Waals surface area contributed by atoms with Crippen molar-refractivity contribution in [3.05, 3.63) is 0 Å². The van der Waals surface area contributed by atoms with Crippen molar-refractivity contribution in [1.82, 2.24) is 9.96 Å². The van der Waals surface area contributed by atoms with E-state index >= 15 is 4.79 Å². The molecule has 10 heteroatoms. The number of aliphatic carboxylic acids is 1. The molecule has 318 valence electrons. The van der Waals surface area contributed by atoms with Gasteiger partial charge in [-0.2, -0.15) is 5.06 Å². The molecule has 1 amide bonds. The van der Waals surface area contributed by atoms with Crippen molar-refractivity contribution in [1.29, 1.82) is 0 Å². The minimum Gasteiger partial charge on any atom is -0.481 e. The molecule has 7 rings (SSSR count). The standard InChI is InChI=1S/C46H76N2O8/c1-40(2,39(51)52)30-36(49)56-35-14-15-43(6)33(41(35,3)4)13-16-45(8)34(43)11-10-32-37-31(42(5)18-19-42)12-17-46(37,21-20-44(32,45)7)38(50)47-22-24-48(25-23-47)55-29-28-54-27-26-53-9/h31-35,37H,10-30H2,1-9H3,(H,51,52)/t31-,32-,33+,34-,35+,37-,43+,44-,45-,46+/m1/s1. The van der Waals surface area contributed by atoms with Gasteiger partial charge in [0.15, 0.2) is 0 Å². The molecule has 6 saturated carbocycles. The Bertz CT molecular complexity index is 1490. The number of carbonyl (C=O) groups is 3. The Labute approximate surface area is 337 Å². The summed E-state index contributed by atoms with van der Waals surface area (Å²) < 4.78 is 16.9. The summed E-state index contributed by atoms with van der Waals surface area (Å²) in [5.74, 6) is 1.71. The Morgan fingerprint density at radius 2 is 1.41 bits per heavy atom. The van der Waals surface area contributed by atoms with Crippen LogP contribution >= 0.6 is 0 Å². The minimum absolute atomic E-state index is 0.112. The van der Waals surface area contributed by atoms with E-state index in [1.807, 2.05) is 5.06 Å². The van der Waals surface area contributed by atoms with E-state index in [9.17, 15) is 14.7 Å². The number of carbonyl (C=O) groups excluding carboxylic acids is 2. The van der Waals surface area contributed by atoms with Gasteiger partial charge in [0, 0.05) is 38.7 Å². The van der Waals surface area contributed by atoms with Crippen LogP contribution in [0.1, 0.15) is 139 Å². The number of esters is 1. The highest BCUT2D eigenvalue weighted by molar-refractivity contribution is 5.84. The van der Waals surface area contributed by atoms with Crippen molar-refractivity contribution in [2.75, 3.05) is 59.7 Å². The maximum atomic E-state index is 15.2. The molecule has 0 radical (unpaired) electrons. The average molecular weight is 785 g/mol. The zero-order valence-electron chi connectivity index (χ0n) is 36.5. The van der Waals surface area contributed by atoms with E-state index in [0.717, 1.165) is 64.7 Å². The second kappa shape index (κ2) is 15.1. The smallest absolute Gasteiger partial charge is 0.309 e. The highest BCUT2D eigenvalue weighted by Crippen LogP contribution is 2.79. The fourth-order valence-corrected chi connectivity index (χ4v) is 14.9. The van der Waals surface area contributed by atoms with Crippen LogP contribution in [-0.2, 0) is 33.4 Å². The molecule has 0 bridgehead atoms. The van der Waals surface area contributed by atoms with Crippen molar-refractivity contribution < 1.29 is 38.5 Å². The Morgan fingerprint density at radius 3 is 2.07 bits per heavy atom. The highest BCUT2D eigenvalue weighted by atomic mass is 16.7. The Hall–Kier alpha value is -1.75. The van der Waals surface area contributed by atoms with Crippen molar-refractivity contribution in [3.63, 3.8) is 0 Å². The fourth-order valence-electron chi connectivity index (χ4n) is 14.9. The molecule has 1 aliphatic heterocycles. The SMILES string of the molecule is COCCOCCON1CCN(C(=O)[C@]23CC[C@@H](C4(C)CC4)[C@@H]2[C@H]2CC[C@@H]4[C@@]5(C)CC[C@H](OC(=O)CC(C)(C)C(=O)O)C(C)(C)[C@@H]5CC[C@@]4(C)[C@]2(C)CC3)CC1. The minimum atomic E-state index is -1.15. The maximum absolute atomic E-state index is 15.2.